The van der Waals surface area contributed by atoms with E-state index < -0.39 is 12.1 Å². The molecule has 2 saturated heterocycles. The summed E-state index contributed by atoms with van der Waals surface area (Å²) in [5.41, 5.74) is 1.40. The molecule has 2 aromatic rings. The second kappa shape index (κ2) is 9.41. The first kappa shape index (κ1) is 23.3. The summed E-state index contributed by atoms with van der Waals surface area (Å²) in [5.74, 6) is -2.67. The Morgan fingerprint density at radius 1 is 1.00 bits per heavy atom. The topological polar surface area (TPSA) is 104 Å². The Morgan fingerprint density at radius 3 is 2.09 bits per heavy atom. The number of alkyl halides is 3. The minimum absolute atomic E-state index is 0.0323. The molecule has 172 valence electrons. The Bertz CT molecular complexity index is 939. The monoisotopic (exact) mass is 453 g/mol. The number of carboxylic acids is 1. The minimum Gasteiger partial charge on any atom is -0.475 e. The third-order valence-corrected chi connectivity index (χ3v) is 5.76. The molecule has 0 bridgehead atoms. The summed E-state index contributed by atoms with van der Waals surface area (Å²) in [5, 5.41) is 7.12. The van der Waals surface area contributed by atoms with Gasteiger partial charge in [0.15, 0.2) is 0 Å². The van der Waals surface area contributed by atoms with Crippen molar-refractivity contribution in [1.82, 2.24) is 14.8 Å². The number of hydrogen-bond acceptors (Lipinski definition) is 5. The van der Waals surface area contributed by atoms with Crippen LogP contribution in [0.2, 0.25) is 0 Å². The van der Waals surface area contributed by atoms with Gasteiger partial charge in [0.2, 0.25) is 0 Å². The van der Waals surface area contributed by atoms with Gasteiger partial charge < -0.3 is 19.3 Å². The smallest absolute Gasteiger partial charge is 0.475 e. The van der Waals surface area contributed by atoms with E-state index in [1.54, 1.807) is 24.5 Å². The standard InChI is InChI=1S/C19H21N3O3.C2HF3O2/c23-17(15-2-1-7-20-12-15)22-10-6-19(14-22)4-8-21(9-5-19)18(24)16-3-11-25-13-16;3-2(4,5)1(6)7/h1-3,7,11-13H,4-6,8-10,14H2;(H,6,7). The molecule has 4 heterocycles. The predicted octanol–water partition coefficient (Wildman–Crippen LogP) is 3.08. The second-order valence-electron chi connectivity index (χ2n) is 7.83. The zero-order chi connectivity index (χ0) is 23.4. The number of pyridine rings is 1. The summed E-state index contributed by atoms with van der Waals surface area (Å²) in [6, 6.07) is 5.31. The fourth-order valence-corrected chi connectivity index (χ4v) is 3.94. The number of piperidine rings is 1. The summed E-state index contributed by atoms with van der Waals surface area (Å²) in [6.45, 7) is 3.02. The molecule has 1 N–H and O–H groups in total. The van der Waals surface area contributed by atoms with E-state index in [0.29, 0.717) is 11.1 Å². The van der Waals surface area contributed by atoms with Gasteiger partial charge in [-0.2, -0.15) is 13.2 Å². The van der Waals surface area contributed by atoms with Gasteiger partial charge in [0, 0.05) is 38.6 Å². The van der Waals surface area contributed by atoms with Gasteiger partial charge in [-0.05, 0) is 42.9 Å². The van der Waals surface area contributed by atoms with Crippen molar-refractivity contribution in [2.24, 2.45) is 5.41 Å². The summed E-state index contributed by atoms with van der Waals surface area (Å²) in [7, 11) is 0. The van der Waals surface area contributed by atoms with Gasteiger partial charge in [-0.15, -0.1) is 0 Å². The molecule has 11 heteroatoms. The van der Waals surface area contributed by atoms with Gasteiger partial charge >= 0.3 is 12.1 Å². The molecular weight excluding hydrogens is 431 g/mol. The van der Waals surface area contributed by atoms with Crippen molar-refractivity contribution >= 4 is 17.8 Å². The Labute approximate surface area is 181 Å². The summed E-state index contributed by atoms with van der Waals surface area (Å²) in [6.07, 6.45) is 4.12. The van der Waals surface area contributed by atoms with Gasteiger partial charge in [0.1, 0.15) is 6.26 Å². The lowest BCUT2D eigenvalue weighted by molar-refractivity contribution is -0.192. The largest absolute Gasteiger partial charge is 0.490 e. The van der Waals surface area contributed by atoms with Gasteiger partial charge in [-0.1, -0.05) is 0 Å². The predicted molar refractivity (Wildman–Crippen MR) is 105 cm³/mol. The normalized spacial score (nSPS) is 17.6. The highest BCUT2D eigenvalue weighted by Gasteiger charge is 2.43. The maximum atomic E-state index is 12.6. The van der Waals surface area contributed by atoms with Crippen LogP contribution in [0.5, 0.6) is 0 Å². The number of halogens is 3. The summed E-state index contributed by atoms with van der Waals surface area (Å²) < 4.78 is 36.7. The Morgan fingerprint density at radius 2 is 1.59 bits per heavy atom. The van der Waals surface area contributed by atoms with Crippen molar-refractivity contribution in [3.8, 4) is 0 Å². The van der Waals surface area contributed by atoms with Crippen LogP contribution in [0.4, 0.5) is 13.2 Å². The fourth-order valence-electron chi connectivity index (χ4n) is 3.94. The maximum absolute atomic E-state index is 12.6. The number of carbonyl (C=O) groups is 3. The second-order valence-corrected chi connectivity index (χ2v) is 7.83. The van der Waals surface area contributed by atoms with E-state index in [0.717, 1.165) is 45.4 Å². The Balaban J connectivity index is 0.000000360. The molecule has 0 unspecified atom stereocenters. The molecule has 32 heavy (non-hydrogen) atoms. The van der Waals surface area contributed by atoms with Crippen LogP contribution < -0.4 is 0 Å². The van der Waals surface area contributed by atoms with Crippen molar-refractivity contribution < 1.29 is 37.1 Å². The van der Waals surface area contributed by atoms with Crippen molar-refractivity contribution in [2.75, 3.05) is 26.2 Å². The van der Waals surface area contributed by atoms with E-state index in [-0.39, 0.29) is 17.2 Å². The zero-order valence-electron chi connectivity index (χ0n) is 17.0. The van der Waals surface area contributed by atoms with Crippen molar-refractivity contribution in [2.45, 2.75) is 25.4 Å². The quantitative estimate of drug-likeness (QED) is 0.750. The lowest BCUT2D eigenvalue weighted by atomic mass is 9.77. The van der Waals surface area contributed by atoms with E-state index in [9.17, 15) is 22.8 Å². The number of carboxylic acid groups (broad SMARTS) is 1. The highest BCUT2D eigenvalue weighted by molar-refractivity contribution is 5.94. The number of amides is 2. The molecule has 4 rings (SSSR count). The maximum Gasteiger partial charge on any atom is 0.490 e. The van der Waals surface area contributed by atoms with Crippen LogP contribution in [-0.2, 0) is 4.79 Å². The molecule has 0 aliphatic carbocycles. The van der Waals surface area contributed by atoms with E-state index in [2.05, 4.69) is 4.98 Å². The fraction of sp³-hybridized carbons (Fsp3) is 0.429. The molecule has 1 spiro atoms. The van der Waals surface area contributed by atoms with E-state index in [4.69, 9.17) is 14.3 Å². The van der Waals surface area contributed by atoms with Gasteiger partial charge in [0.05, 0.1) is 17.4 Å². The van der Waals surface area contributed by atoms with Crippen LogP contribution in [0.25, 0.3) is 0 Å². The number of nitrogens with zero attached hydrogens (tertiary/aromatic N) is 3. The van der Waals surface area contributed by atoms with Gasteiger partial charge in [-0.3, -0.25) is 14.6 Å². The first-order valence-electron chi connectivity index (χ1n) is 9.92. The first-order chi connectivity index (χ1) is 15.1. The number of likely N-dealkylation sites (tertiary alicyclic amines) is 2. The average molecular weight is 453 g/mol. The first-order valence-corrected chi connectivity index (χ1v) is 9.92. The number of carbonyl (C=O) groups excluding carboxylic acids is 2. The molecule has 2 aliphatic heterocycles. The number of aliphatic carboxylic acids is 1. The third kappa shape index (κ3) is 5.45. The molecule has 8 nitrogen and oxygen atoms in total. The van der Waals surface area contributed by atoms with Crippen molar-refractivity contribution in [1.29, 1.82) is 0 Å². The van der Waals surface area contributed by atoms with Crippen molar-refractivity contribution in [3.63, 3.8) is 0 Å². The van der Waals surface area contributed by atoms with Crippen LogP contribution in [0.15, 0.2) is 47.5 Å². The molecule has 0 aromatic carbocycles. The lowest BCUT2D eigenvalue weighted by Gasteiger charge is -2.39. The van der Waals surface area contributed by atoms with Crippen molar-refractivity contribution in [3.05, 3.63) is 54.2 Å². The van der Waals surface area contributed by atoms with E-state index in [1.165, 1.54) is 12.5 Å². The minimum atomic E-state index is -5.08. The Hall–Kier alpha value is -3.37. The summed E-state index contributed by atoms with van der Waals surface area (Å²) >= 11 is 0. The molecule has 0 saturated carbocycles. The average Bonchev–Trinajstić information content (AvgIpc) is 3.45. The number of furan rings is 1. The van der Waals surface area contributed by atoms with E-state index in [1.807, 2.05) is 15.9 Å². The van der Waals surface area contributed by atoms with Crippen LogP contribution in [-0.4, -0.2) is 70.0 Å². The van der Waals surface area contributed by atoms with Crippen LogP contribution >= 0.6 is 0 Å². The number of rotatable bonds is 2. The zero-order valence-corrected chi connectivity index (χ0v) is 17.0. The highest BCUT2D eigenvalue weighted by atomic mass is 19.4. The third-order valence-electron chi connectivity index (χ3n) is 5.76. The number of hydrogen-bond donors (Lipinski definition) is 1. The molecule has 2 amide bonds. The lowest BCUT2D eigenvalue weighted by Crippen LogP contribution is -2.44. The van der Waals surface area contributed by atoms with E-state index >= 15 is 0 Å². The molecular formula is C21H22F3N3O5. The van der Waals surface area contributed by atoms with Gasteiger partial charge in [-0.25, -0.2) is 4.79 Å². The summed E-state index contributed by atoms with van der Waals surface area (Å²) in [4.78, 5) is 41.8. The molecule has 2 aliphatic rings. The van der Waals surface area contributed by atoms with Crippen LogP contribution in [0, 0.1) is 5.41 Å². The Kier molecular flexibility index (Phi) is 6.85. The molecule has 2 aromatic heterocycles. The molecule has 2 fully saturated rings. The molecule has 0 atom stereocenters. The SMILES string of the molecule is O=C(O)C(F)(F)F.O=C(c1ccoc1)N1CCC2(CC1)CCN(C(=O)c1cccnc1)C2. The molecule has 0 radical (unpaired) electrons. The van der Waals surface area contributed by atoms with Gasteiger partial charge in [0.25, 0.3) is 11.8 Å². The van der Waals surface area contributed by atoms with Crippen LogP contribution in [0.1, 0.15) is 40.0 Å². The highest BCUT2D eigenvalue weighted by Crippen LogP contribution is 2.41. The number of aromatic nitrogens is 1. The van der Waals surface area contributed by atoms with Crippen LogP contribution in [0.3, 0.4) is 0 Å².